The van der Waals surface area contributed by atoms with Crippen LogP contribution in [0.4, 0.5) is 11.4 Å². The lowest BCUT2D eigenvalue weighted by atomic mass is 10.1. The Morgan fingerprint density at radius 2 is 2.11 bits per heavy atom. The van der Waals surface area contributed by atoms with Crippen molar-refractivity contribution in [2.75, 3.05) is 31.3 Å². The maximum Gasteiger partial charge on any atom is 0.340 e. The maximum absolute atomic E-state index is 12.1. The van der Waals surface area contributed by atoms with Crippen LogP contribution in [0.25, 0.3) is 0 Å². The van der Waals surface area contributed by atoms with E-state index in [0.717, 1.165) is 18.5 Å². The standard InChI is InChI=1S/C15H24N2O2/c1-5-6-11(2)10-19-15(18)13-9-12(16)7-8-14(13)17(3)4/h7-9,11H,5-6,10,16H2,1-4H3. The van der Waals surface area contributed by atoms with E-state index in [2.05, 4.69) is 13.8 Å². The van der Waals surface area contributed by atoms with Gasteiger partial charge in [-0.05, 0) is 30.5 Å². The monoisotopic (exact) mass is 264 g/mol. The minimum absolute atomic E-state index is 0.307. The van der Waals surface area contributed by atoms with E-state index in [4.69, 9.17) is 10.5 Å². The van der Waals surface area contributed by atoms with Gasteiger partial charge in [0.15, 0.2) is 0 Å². The molecular formula is C15H24N2O2. The van der Waals surface area contributed by atoms with E-state index in [-0.39, 0.29) is 5.97 Å². The van der Waals surface area contributed by atoms with Crippen LogP contribution >= 0.6 is 0 Å². The highest BCUT2D eigenvalue weighted by atomic mass is 16.5. The van der Waals surface area contributed by atoms with Crippen LogP contribution in [-0.2, 0) is 4.74 Å². The Hall–Kier alpha value is -1.71. The van der Waals surface area contributed by atoms with Crippen LogP contribution in [0.3, 0.4) is 0 Å². The highest BCUT2D eigenvalue weighted by Crippen LogP contribution is 2.22. The molecule has 0 saturated heterocycles. The number of hydrogen-bond acceptors (Lipinski definition) is 4. The van der Waals surface area contributed by atoms with Crippen molar-refractivity contribution < 1.29 is 9.53 Å². The van der Waals surface area contributed by atoms with Crippen molar-refractivity contribution in [3.63, 3.8) is 0 Å². The van der Waals surface area contributed by atoms with E-state index in [1.165, 1.54) is 0 Å². The first-order chi connectivity index (χ1) is 8.95. The zero-order valence-electron chi connectivity index (χ0n) is 12.3. The van der Waals surface area contributed by atoms with E-state index in [9.17, 15) is 4.79 Å². The lowest BCUT2D eigenvalue weighted by Gasteiger charge is -2.18. The van der Waals surface area contributed by atoms with Gasteiger partial charge >= 0.3 is 5.97 Å². The molecule has 0 bridgehead atoms. The first-order valence-corrected chi connectivity index (χ1v) is 6.69. The molecular weight excluding hydrogens is 240 g/mol. The number of rotatable bonds is 6. The van der Waals surface area contributed by atoms with Gasteiger partial charge in [0.2, 0.25) is 0 Å². The molecule has 106 valence electrons. The van der Waals surface area contributed by atoms with Crippen molar-refractivity contribution in [2.45, 2.75) is 26.7 Å². The van der Waals surface area contributed by atoms with E-state index in [0.29, 0.717) is 23.8 Å². The Morgan fingerprint density at radius 3 is 2.68 bits per heavy atom. The number of anilines is 2. The normalized spacial score (nSPS) is 12.0. The van der Waals surface area contributed by atoms with Gasteiger partial charge in [-0.2, -0.15) is 0 Å². The summed E-state index contributed by atoms with van der Waals surface area (Å²) in [7, 11) is 3.78. The Bertz CT molecular complexity index is 430. The van der Waals surface area contributed by atoms with E-state index >= 15 is 0 Å². The molecule has 0 aliphatic carbocycles. The largest absolute Gasteiger partial charge is 0.462 e. The number of carbonyl (C=O) groups excluding carboxylic acids is 1. The lowest BCUT2D eigenvalue weighted by molar-refractivity contribution is 0.0444. The maximum atomic E-state index is 12.1. The predicted molar refractivity (Wildman–Crippen MR) is 79.5 cm³/mol. The van der Waals surface area contributed by atoms with Crippen LogP contribution in [0.15, 0.2) is 18.2 Å². The van der Waals surface area contributed by atoms with Crippen LogP contribution < -0.4 is 10.6 Å². The second-order valence-corrected chi connectivity index (χ2v) is 5.16. The summed E-state index contributed by atoms with van der Waals surface area (Å²) in [6, 6.07) is 5.29. The number of benzene rings is 1. The minimum Gasteiger partial charge on any atom is -0.462 e. The fraction of sp³-hybridized carbons (Fsp3) is 0.533. The number of nitrogens with two attached hydrogens (primary N) is 1. The number of ether oxygens (including phenoxy) is 1. The van der Waals surface area contributed by atoms with Gasteiger partial charge in [-0.15, -0.1) is 0 Å². The summed E-state index contributed by atoms with van der Waals surface area (Å²) >= 11 is 0. The van der Waals surface area contributed by atoms with E-state index in [1.54, 1.807) is 12.1 Å². The van der Waals surface area contributed by atoms with Crippen LogP contribution in [-0.4, -0.2) is 26.7 Å². The van der Waals surface area contributed by atoms with Gasteiger partial charge in [0.1, 0.15) is 0 Å². The third-order valence-corrected chi connectivity index (χ3v) is 3.00. The summed E-state index contributed by atoms with van der Waals surface area (Å²) in [4.78, 5) is 14.0. The SMILES string of the molecule is CCCC(C)COC(=O)c1cc(N)ccc1N(C)C. The Morgan fingerprint density at radius 1 is 1.42 bits per heavy atom. The highest BCUT2D eigenvalue weighted by molar-refractivity contribution is 5.96. The molecule has 1 atom stereocenters. The number of hydrogen-bond donors (Lipinski definition) is 1. The quantitative estimate of drug-likeness (QED) is 0.634. The molecule has 19 heavy (non-hydrogen) atoms. The first-order valence-electron chi connectivity index (χ1n) is 6.69. The summed E-state index contributed by atoms with van der Waals surface area (Å²) in [5.74, 6) is 0.0803. The molecule has 0 saturated carbocycles. The van der Waals surface area contributed by atoms with Gasteiger partial charge in [0.25, 0.3) is 0 Å². The first kappa shape index (κ1) is 15.3. The van der Waals surface area contributed by atoms with E-state index < -0.39 is 0 Å². The van der Waals surface area contributed by atoms with Crippen LogP contribution in [0.2, 0.25) is 0 Å². The molecule has 1 aromatic rings. The van der Waals surface area contributed by atoms with Crippen molar-refractivity contribution >= 4 is 17.3 Å². The summed E-state index contributed by atoms with van der Waals surface area (Å²) in [5.41, 5.74) is 7.66. The molecule has 0 heterocycles. The molecule has 0 aromatic heterocycles. The third-order valence-electron chi connectivity index (χ3n) is 3.00. The molecule has 4 nitrogen and oxygen atoms in total. The molecule has 1 rings (SSSR count). The molecule has 0 radical (unpaired) electrons. The molecule has 0 amide bonds. The smallest absolute Gasteiger partial charge is 0.340 e. The van der Waals surface area contributed by atoms with Gasteiger partial charge in [-0.25, -0.2) is 4.79 Å². The zero-order chi connectivity index (χ0) is 14.4. The van der Waals surface area contributed by atoms with Gasteiger partial charge in [0.05, 0.1) is 17.9 Å². The molecule has 1 aromatic carbocycles. The topological polar surface area (TPSA) is 55.6 Å². The lowest BCUT2D eigenvalue weighted by Crippen LogP contribution is -2.17. The number of nitrogen functional groups attached to an aromatic ring is 1. The van der Waals surface area contributed by atoms with Crippen molar-refractivity contribution in [1.29, 1.82) is 0 Å². The van der Waals surface area contributed by atoms with Crippen LogP contribution in [0.5, 0.6) is 0 Å². The fourth-order valence-electron chi connectivity index (χ4n) is 1.98. The molecule has 0 aliphatic heterocycles. The summed E-state index contributed by atoms with van der Waals surface area (Å²) < 4.78 is 5.37. The number of carbonyl (C=O) groups is 1. The van der Waals surface area contributed by atoms with Gasteiger partial charge in [-0.3, -0.25) is 0 Å². The zero-order valence-corrected chi connectivity index (χ0v) is 12.3. The second kappa shape index (κ2) is 7.02. The van der Waals surface area contributed by atoms with Gasteiger partial charge < -0.3 is 15.4 Å². The average molecular weight is 264 g/mol. The second-order valence-electron chi connectivity index (χ2n) is 5.16. The van der Waals surface area contributed by atoms with Crippen molar-refractivity contribution in [1.82, 2.24) is 0 Å². The molecule has 0 spiro atoms. The van der Waals surface area contributed by atoms with Crippen LogP contribution in [0, 0.1) is 5.92 Å². The van der Waals surface area contributed by atoms with Gasteiger partial charge in [0, 0.05) is 19.8 Å². The molecule has 1 unspecified atom stereocenters. The Balaban J connectivity index is 2.78. The van der Waals surface area contributed by atoms with Crippen LogP contribution in [0.1, 0.15) is 37.0 Å². The summed E-state index contributed by atoms with van der Waals surface area (Å²) in [6.45, 7) is 4.66. The molecule has 0 fully saturated rings. The minimum atomic E-state index is -0.307. The number of nitrogens with zero attached hydrogens (tertiary/aromatic N) is 1. The fourth-order valence-corrected chi connectivity index (χ4v) is 1.98. The molecule has 0 aliphatic rings. The van der Waals surface area contributed by atoms with Gasteiger partial charge in [-0.1, -0.05) is 20.3 Å². The summed E-state index contributed by atoms with van der Waals surface area (Å²) in [5, 5.41) is 0. The molecule has 4 heteroatoms. The Kier molecular flexibility index (Phi) is 5.67. The van der Waals surface area contributed by atoms with Crippen molar-refractivity contribution in [3.8, 4) is 0 Å². The van der Waals surface area contributed by atoms with Crippen molar-refractivity contribution in [3.05, 3.63) is 23.8 Å². The summed E-state index contributed by atoms with van der Waals surface area (Å²) in [6.07, 6.45) is 2.16. The molecule has 2 N–H and O–H groups in total. The van der Waals surface area contributed by atoms with E-state index in [1.807, 2.05) is 25.1 Å². The Labute approximate surface area is 115 Å². The average Bonchev–Trinajstić information content (AvgIpc) is 2.35. The highest BCUT2D eigenvalue weighted by Gasteiger charge is 2.15. The van der Waals surface area contributed by atoms with Crippen molar-refractivity contribution in [2.24, 2.45) is 5.92 Å². The predicted octanol–water partition coefficient (Wildman–Crippen LogP) is 2.93. The number of esters is 1. The third kappa shape index (κ3) is 4.47.